The molecule has 12 nitrogen and oxygen atoms in total. The largest absolute Gasteiger partial charge is 0.479 e. The van der Waals surface area contributed by atoms with Gasteiger partial charge in [-0.25, -0.2) is 29.1 Å². The molecule has 10 rings (SSSR count). The zero-order valence-corrected chi connectivity index (χ0v) is 30.2. The molecule has 4 bridgehead atoms. The van der Waals surface area contributed by atoms with Crippen LogP contribution in [-0.4, -0.2) is 86.0 Å². The number of carbonyl (C=O) groups excluding carboxylic acids is 2. The summed E-state index contributed by atoms with van der Waals surface area (Å²) >= 11 is 0. The molecule has 5 saturated carbocycles. The fourth-order valence-corrected chi connectivity index (χ4v) is 11.1. The van der Waals surface area contributed by atoms with E-state index in [1.165, 1.54) is 0 Å². The van der Waals surface area contributed by atoms with Gasteiger partial charge in [-0.2, -0.15) is 13.2 Å². The lowest BCUT2D eigenvalue weighted by Crippen LogP contribution is -2.70. The molecule has 2 N–H and O–H groups in total. The van der Waals surface area contributed by atoms with E-state index in [2.05, 4.69) is 25.3 Å². The second-order valence-corrected chi connectivity index (χ2v) is 16.5. The number of amides is 2. The van der Waals surface area contributed by atoms with Gasteiger partial charge in [0.1, 0.15) is 5.54 Å². The number of carboxylic acid groups (broad SMARTS) is 1. The van der Waals surface area contributed by atoms with Crippen molar-refractivity contribution in [2.24, 2.45) is 23.7 Å². The Morgan fingerprint density at radius 3 is 2.09 bits per heavy atom. The summed E-state index contributed by atoms with van der Waals surface area (Å²) in [7, 11) is 0. The molecule has 4 heterocycles. The second-order valence-electron chi connectivity index (χ2n) is 16.5. The number of aromatic nitrogens is 4. The normalized spacial score (nSPS) is 28.0. The van der Waals surface area contributed by atoms with Gasteiger partial charge in [-0.3, -0.25) is 9.59 Å². The predicted octanol–water partition coefficient (Wildman–Crippen LogP) is 5.75. The van der Waals surface area contributed by atoms with Crippen LogP contribution < -0.4 is 15.1 Å². The summed E-state index contributed by atoms with van der Waals surface area (Å²) in [5, 5.41) is 13.1. The molecule has 2 amide bonds. The number of halogens is 4. The summed E-state index contributed by atoms with van der Waals surface area (Å²) in [4.78, 5) is 62.2. The Kier molecular flexibility index (Phi) is 8.53. The molecular weight excluding hydrogens is 720 g/mol. The van der Waals surface area contributed by atoms with Gasteiger partial charge in [0.15, 0.2) is 11.5 Å². The number of hydrogen-bond donors (Lipinski definition) is 2. The van der Waals surface area contributed by atoms with Crippen LogP contribution in [0.15, 0.2) is 36.8 Å². The molecule has 5 aliphatic carbocycles. The topological polar surface area (TPSA) is 145 Å². The Labute approximate surface area is 314 Å². The minimum atomic E-state index is -5.03. The highest BCUT2D eigenvalue weighted by Crippen LogP contribution is 2.58. The first-order valence-corrected chi connectivity index (χ1v) is 19.3. The SMILES string of the molecule is O=C(NC1(C(=O)O)C2CC3CC(C2)CC1C3)c1cnc(N2CC3(CCCCC3)c3cc(C(=O)N4CCN(c5ncc(F)cn5)CC4)ccc32)nc1C(F)(F)F. The molecule has 55 heavy (non-hydrogen) atoms. The highest BCUT2D eigenvalue weighted by Gasteiger charge is 2.62. The van der Waals surface area contributed by atoms with E-state index in [-0.39, 0.29) is 23.7 Å². The van der Waals surface area contributed by atoms with Crippen molar-refractivity contribution in [3.8, 4) is 0 Å². The van der Waals surface area contributed by atoms with Gasteiger partial charge >= 0.3 is 12.1 Å². The predicted molar refractivity (Wildman–Crippen MR) is 190 cm³/mol. The number of carbonyl (C=O) groups is 3. The average molecular weight is 763 g/mol. The van der Waals surface area contributed by atoms with Crippen LogP contribution in [0.5, 0.6) is 0 Å². The molecule has 6 fully saturated rings. The van der Waals surface area contributed by atoms with E-state index in [0.29, 0.717) is 87.4 Å². The van der Waals surface area contributed by atoms with Crippen molar-refractivity contribution in [2.45, 2.75) is 81.3 Å². The van der Waals surface area contributed by atoms with Crippen molar-refractivity contribution >= 4 is 35.4 Å². The van der Waals surface area contributed by atoms with E-state index in [0.717, 1.165) is 62.7 Å². The quantitative estimate of drug-likeness (QED) is 0.298. The number of hydrogen-bond acceptors (Lipinski definition) is 9. The minimum Gasteiger partial charge on any atom is -0.479 e. The average Bonchev–Trinajstić information content (AvgIpc) is 3.48. The minimum absolute atomic E-state index is 0.170. The first-order valence-electron chi connectivity index (χ1n) is 19.3. The number of benzene rings is 1. The highest BCUT2D eigenvalue weighted by molar-refractivity contribution is 5.99. The maximum absolute atomic E-state index is 14.8. The van der Waals surface area contributed by atoms with Crippen molar-refractivity contribution < 1.29 is 37.1 Å². The summed E-state index contributed by atoms with van der Waals surface area (Å²) in [6.45, 7) is 2.04. The third kappa shape index (κ3) is 5.97. The lowest BCUT2D eigenvalue weighted by Gasteiger charge is -2.59. The molecule has 2 aliphatic heterocycles. The fourth-order valence-electron chi connectivity index (χ4n) is 11.1. The van der Waals surface area contributed by atoms with Crippen LogP contribution in [0.2, 0.25) is 0 Å². The molecule has 0 radical (unpaired) electrons. The zero-order valence-electron chi connectivity index (χ0n) is 30.2. The number of aliphatic carboxylic acids is 1. The molecule has 1 spiro atoms. The first kappa shape index (κ1) is 35.8. The van der Waals surface area contributed by atoms with E-state index >= 15 is 0 Å². The summed E-state index contributed by atoms with van der Waals surface area (Å²) in [5.41, 5.74) is -2.34. The maximum Gasteiger partial charge on any atom is 0.434 e. The van der Waals surface area contributed by atoms with E-state index < -0.39 is 46.1 Å². The molecule has 3 aromatic rings. The first-order chi connectivity index (χ1) is 26.3. The molecule has 7 aliphatic rings. The molecule has 0 unspecified atom stereocenters. The van der Waals surface area contributed by atoms with E-state index in [1.807, 2.05) is 11.0 Å². The summed E-state index contributed by atoms with van der Waals surface area (Å²) < 4.78 is 57.8. The summed E-state index contributed by atoms with van der Waals surface area (Å²) in [5.74, 6) is -2.78. The fraction of sp³-hybridized carbons (Fsp3) is 0.564. The third-order valence-electron chi connectivity index (χ3n) is 13.5. The number of nitrogens with zero attached hydrogens (tertiary/aromatic N) is 7. The van der Waals surface area contributed by atoms with Crippen LogP contribution in [-0.2, 0) is 16.4 Å². The highest BCUT2D eigenvalue weighted by atomic mass is 19.4. The lowest BCUT2D eigenvalue weighted by molar-refractivity contribution is -0.163. The van der Waals surface area contributed by atoms with Crippen LogP contribution in [0.25, 0.3) is 0 Å². The molecule has 1 aromatic carbocycles. The van der Waals surface area contributed by atoms with Crippen molar-refractivity contribution in [1.29, 1.82) is 0 Å². The number of anilines is 3. The van der Waals surface area contributed by atoms with Crippen LogP contribution in [0.4, 0.5) is 35.1 Å². The smallest absolute Gasteiger partial charge is 0.434 e. The van der Waals surface area contributed by atoms with Gasteiger partial charge in [0.25, 0.3) is 11.8 Å². The van der Waals surface area contributed by atoms with Crippen LogP contribution >= 0.6 is 0 Å². The van der Waals surface area contributed by atoms with Crippen molar-refractivity contribution in [2.75, 3.05) is 42.5 Å². The molecule has 1 saturated heterocycles. The van der Waals surface area contributed by atoms with E-state index in [9.17, 15) is 37.1 Å². The molecule has 0 atom stereocenters. The molecule has 290 valence electrons. The lowest BCUT2D eigenvalue weighted by atomic mass is 9.48. The monoisotopic (exact) mass is 762 g/mol. The number of carboxylic acids is 1. The van der Waals surface area contributed by atoms with Crippen molar-refractivity contribution in [3.05, 3.63) is 65.0 Å². The van der Waals surface area contributed by atoms with Crippen molar-refractivity contribution in [3.63, 3.8) is 0 Å². The van der Waals surface area contributed by atoms with Gasteiger partial charge in [-0.05, 0) is 92.4 Å². The van der Waals surface area contributed by atoms with Gasteiger partial charge < -0.3 is 25.1 Å². The number of nitrogens with one attached hydrogen (secondary N) is 1. The van der Waals surface area contributed by atoms with Gasteiger partial charge in [-0.15, -0.1) is 0 Å². The number of piperazine rings is 1. The summed E-state index contributed by atoms with van der Waals surface area (Å²) in [6, 6.07) is 5.28. The maximum atomic E-state index is 14.8. The Morgan fingerprint density at radius 2 is 1.47 bits per heavy atom. The van der Waals surface area contributed by atoms with Crippen molar-refractivity contribution in [1.82, 2.24) is 30.2 Å². The molecular formula is C39H42F4N8O4. The Hall–Kier alpha value is -4.89. The van der Waals surface area contributed by atoms with Crippen LogP contribution in [0.3, 0.4) is 0 Å². The van der Waals surface area contributed by atoms with Gasteiger partial charge in [-0.1, -0.05) is 19.3 Å². The van der Waals surface area contributed by atoms with Crippen LogP contribution in [0, 0.1) is 29.5 Å². The van der Waals surface area contributed by atoms with Gasteiger partial charge in [0, 0.05) is 55.6 Å². The summed E-state index contributed by atoms with van der Waals surface area (Å²) in [6.07, 6.45) is 6.05. The van der Waals surface area contributed by atoms with E-state index in [4.69, 9.17) is 0 Å². The third-order valence-corrected chi connectivity index (χ3v) is 13.5. The van der Waals surface area contributed by atoms with E-state index in [1.54, 1.807) is 21.9 Å². The standard InChI is InChI=1S/C39H42F4N8O4/c40-27-18-44-35(45-19-27)50-10-8-49(9-11-50)33(53)24-4-5-30-29(17-24)37(6-2-1-3-7-37)21-51(30)36-46-20-28(31(47-36)39(41,42)43)32(52)48-38(34(54)55)25-13-22-12-23(15-25)16-26(38)14-22/h4-5,17-20,22-23,25-26H,1-3,6-16,21H2,(H,48,52)(H,54,55). The van der Waals surface area contributed by atoms with Gasteiger partial charge in [0.2, 0.25) is 11.9 Å². The Balaban J connectivity index is 0.997. The molecule has 2 aromatic heterocycles. The Morgan fingerprint density at radius 1 is 0.836 bits per heavy atom. The number of fused-ring (bicyclic) bond motifs is 2. The van der Waals surface area contributed by atoms with Gasteiger partial charge in [0.05, 0.1) is 18.0 Å². The number of alkyl halides is 3. The Bertz CT molecular complexity index is 2000. The second kappa shape index (κ2) is 13.1. The van der Waals surface area contributed by atoms with Crippen LogP contribution in [0.1, 0.15) is 96.2 Å². The number of rotatable bonds is 6. The molecule has 16 heteroatoms. The zero-order chi connectivity index (χ0) is 38.3.